The molecule has 9 nitrogen and oxygen atoms in total. The Labute approximate surface area is 256 Å². The first-order valence-corrected chi connectivity index (χ1v) is 13.4. The van der Waals surface area contributed by atoms with Crippen molar-refractivity contribution in [2.45, 2.75) is 18.7 Å². The zero-order valence-electron chi connectivity index (χ0n) is 21.0. The molecule has 0 spiro atoms. The number of para-hydroxylation sites is 1. The number of halogens is 2. The van der Waals surface area contributed by atoms with Gasteiger partial charge >= 0.3 is 29.6 Å². The minimum atomic E-state index is -4.63. The van der Waals surface area contributed by atoms with Crippen molar-refractivity contribution in [3.63, 3.8) is 0 Å². The average Bonchev–Trinajstić information content (AvgIpc) is 2.86. The minimum Gasteiger partial charge on any atom is -0.870 e. The van der Waals surface area contributed by atoms with Gasteiger partial charge in [0.25, 0.3) is 16.0 Å². The van der Waals surface area contributed by atoms with E-state index >= 15 is 0 Å². The molecular formula is C26H20Cl2N3NaO6S. The average molecular weight is 596 g/mol. The van der Waals surface area contributed by atoms with E-state index in [2.05, 4.69) is 15.5 Å². The number of amides is 1. The fraction of sp³-hybridized carbons (Fsp3) is 0.115. The topological polar surface area (TPSA) is 140 Å². The SMILES string of the molecule is CCOc1cccc(Cl)c1NC(=O)c1cc2ccccc2c(N=Nc2c(C)ccc(S(=O)(=O)O)c2Cl)c1[O-].[Na+]. The quantitative estimate of drug-likeness (QED) is 0.189. The zero-order chi connectivity index (χ0) is 27.6. The van der Waals surface area contributed by atoms with Gasteiger partial charge in [0.15, 0.2) is 0 Å². The molecule has 0 unspecified atom stereocenters. The van der Waals surface area contributed by atoms with Crippen molar-refractivity contribution >= 4 is 67.1 Å². The van der Waals surface area contributed by atoms with Gasteiger partial charge in [0, 0.05) is 10.9 Å². The number of benzene rings is 4. The van der Waals surface area contributed by atoms with Crippen LogP contribution in [-0.2, 0) is 10.1 Å². The van der Waals surface area contributed by atoms with Crippen molar-refractivity contribution in [1.29, 1.82) is 0 Å². The maximum absolute atomic E-state index is 13.5. The van der Waals surface area contributed by atoms with Crippen molar-refractivity contribution in [3.8, 4) is 11.5 Å². The van der Waals surface area contributed by atoms with Gasteiger partial charge in [-0.15, -0.1) is 5.11 Å². The van der Waals surface area contributed by atoms with Gasteiger partial charge in [-0.05, 0) is 49.1 Å². The molecule has 4 aromatic rings. The predicted molar refractivity (Wildman–Crippen MR) is 144 cm³/mol. The Balaban J connectivity index is 0.00000420. The molecule has 0 aromatic heterocycles. The van der Waals surface area contributed by atoms with E-state index in [4.69, 9.17) is 27.9 Å². The Bertz CT molecular complexity index is 1710. The van der Waals surface area contributed by atoms with Crippen LogP contribution >= 0.6 is 23.2 Å². The minimum absolute atomic E-state index is 0. The first-order chi connectivity index (χ1) is 18.0. The Kier molecular flexibility index (Phi) is 10.0. The first kappa shape index (κ1) is 30.8. The number of azo groups is 1. The van der Waals surface area contributed by atoms with Crippen LogP contribution in [0, 0.1) is 6.92 Å². The van der Waals surface area contributed by atoms with Crippen LogP contribution in [0.15, 0.2) is 75.8 Å². The molecule has 0 aliphatic carbocycles. The van der Waals surface area contributed by atoms with Crippen LogP contribution in [0.1, 0.15) is 22.8 Å². The van der Waals surface area contributed by atoms with Crippen molar-refractivity contribution in [3.05, 3.63) is 81.8 Å². The Hall–Kier alpha value is -2.70. The molecule has 0 bridgehead atoms. The van der Waals surface area contributed by atoms with E-state index in [9.17, 15) is 22.9 Å². The van der Waals surface area contributed by atoms with Gasteiger partial charge in [-0.25, -0.2) is 0 Å². The van der Waals surface area contributed by atoms with Gasteiger partial charge in [0.2, 0.25) is 0 Å². The van der Waals surface area contributed by atoms with E-state index in [1.807, 2.05) is 0 Å². The number of hydrogen-bond acceptors (Lipinski definition) is 7. The molecule has 0 radical (unpaired) electrons. The van der Waals surface area contributed by atoms with Crippen molar-refractivity contribution in [2.75, 3.05) is 11.9 Å². The molecule has 13 heteroatoms. The Morgan fingerprint density at radius 1 is 1.05 bits per heavy atom. The number of nitrogens with zero attached hydrogens (tertiary/aromatic N) is 2. The van der Waals surface area contributed by atoms with Crippen LogP contribution in [0.3, 0.4) is 0 Å². The third-order valence-corrected chi connectivity index (χ3v) is 7.25. The number of anilines is 1. The molecule has 0 saturated carbocycles. The molecule has 2 N–H and O–H groups in total. The second-order valence-electron chi connectivity index (χ2n) is 8.04. The van der Waals surface area contributed by atoms with E-state index in [1.54, 1.807) is 56.3 Å². The van der Waals surface area contributed by atoms with Gasteiger partial charge in [0.05, 0.1) is 22.3 Å². The molecule has 1 amide bonds. The van der Waals surface area contributed by atoms with Gasteiger partial charge < -0.3 is 15.2 Å². The molecule has 39 heavy (non-hydrogen) atoms. The predicted octanol–water partition coefficient (Wildman–Crippen LogP) is 3.85. The molecule has 0 aliphatic heterocycles. The second-order valence-corrected chi connectivity index (χ2v) is 10.2. The number of carbonyl (C=O) groups is 1. The molecule has 4 rings (SSSR count). The molecule has 196 valence electrons. The molecule has 4 aromatic carbocycles. The summed E-state index contributed by atoms with van der Waals surface area (Å²) in [5.74, 6) is -1.13. The van der Waals surface area contributed by atoms with E-state index in [1.165, 1.54) is 12.1 Å². The van der Waals surface area contributed by atoms with Crippen LogP contribution in [0.5, 0.6) is 11.5 Å². The van der Waals surface area contributed by atoms with Gasteiger partial charge in [-0.2, -0.15) is 13.5 Å². The number of ether oxygens (including phenoxy) is 1. The summed E-state index contributed by atoms with van der Waals surface area (Å²) in [5, 5.41) is 25.1. The summed E-state index contributed by atoms with van der Waals surface area (Å²) in [7, 11) is -4.63. The number of hydrogen-bond donors (Lipinski definition) is 2. The summed E-state index contributed by atoms with van der Waals surface area (Å²) in [6.45, 7) is 3.72. The van der Waals surface area contributed by atoms with E-state index in [-0.39, 0.29) is 62.2 Å². The van der Waals surface area contributed by atoms with Gasteiger partial charge in [-0.1, -0.05) is 65.3 Å². The van der Waals surface area contributed by atoms with Crippen molar-refractivity contribution < 1.29 is 57.2 Å². The van der Waals surface area contributed by atoms with Crippen molar-refractivity contribution in [2.24, 2.45) is 10.2 Å². The largest absolute Gasteiger partial charge is 1.00 e. The fourth-order valence-corrected chi connectivity index (χ4v) is 5.04. The van der Waals surface area contributed by atoms with E-state index in [0.717, 1.165) is 6.07 Å². The summed E-state index contributed by atoms with van der Waals surface area (Å²) in [6.07, 6.45) is 0. The molecule has 0 saturated heterocycles. The number of nitrogens with one attached hydrogen (secondary N) is 1. The third-order valence-electron chi connectivity index (χ3n) is 5.54. The van der Waals surface area contributed by atoms with Crippen LogP contribution in [0.4, 0.5) is 17.1 Å². The number of rotatable bonds is 7. The van der Waals surface area contributed by atoms with E-state index in [0.29, 0.717) is 28.7 Å². The Morgan fingerprint density at radius 3 is 2.44 bits per heavy atom. The van der Waals surface area contributed by atoms with Gasteiger partial charge in [-0.3, -0.25) is 9.35 Å². The normalized spacial score (nSPS) is 11.4. The van der Waals surface area contributed by atoms with Crippen LogP contribution in [0.2, 0.25) is 10.0 Å². The maximum atomic E-state index is 13.5. The number of fused-ring (bicyclic) bond motifs is 1. The number of aryl methyl sites for hydroxylation is 1. The molecule has 0 atom stereocenters. The zero-order valence-corrected chi connectivity index (χ0v) is 25.4. The summed E-state index contributed by atoms with van der Waals surface area (Å²) < 4.78 is 38.3. The van der Waals surface area contributed by atoms with Crippen LogP contribution in [-0.4, -0.2) is 25.5 Å². The van der Waals surface area contributed by atoms with Crippen LogP contribution < -0.4 is 44.7 Å². The maximum Gasteiger partial charge on any atom is 1.00 e. The molecule has 0 heterocycles. The summed E-state index contributed by atoms with van der Waals surface area (Å²) in [5.41, 5.74) is 0.206. The van der Waals surface area contributed by atoms with E-state index < -0.39 is 26.7 Å². The molecule has 0 aliphatic rings. The van der Waals surface area contributed by atoms with Gasteiger partial charge in [0.1, 0.15) is 22.0 Å². The first-order valence-electron chi connectivity index (χ1n) is 11.2. The summed E-state index contributed by atoms with van der Waals surface area (Å²) >= 11 is 12.5. The summed E-state index contributed by atoms with van der Waals surface area (Å²) in [4.78, 5) is 12.7. The smallest absolute Gasteiger partial charge is 0.870 e. The molecule has 0 fully saturated rings. The number of carbonyl (C=O) groups excluding carboxylic acids is 1. The van der Waals surface area contributed by atoms with Crippen LogP contribution in [0.25, 0.3) is 10.8 Å². The monoisotopic (exact) mass is 595 g/mol. The van der Waals surface area contributed by atoms with Crippen molar-refractivity contribution in [1.82, 2.24) is 0 Å². The second kappa shape index (κ2) is 12.6. The fourth-order valence-electron chi connectivity index (χ4n) is 3.72. The summed E-state index contributed by atoms with van der Waals surface area (Å²) in [6, 6.07) is 15.6. The third kappa shape index (κ3) is 6.55. The standard InChI is InChI=1S/C26H21Cl2N3O6S.Na/c1-3-37-19-10-6-9-18(27)24(19)29-26(33)17-13-15-7-4-5-8-16(15)23(25(17)32)31-30-22-14(2)11-12-20(21(22)28)38(34,35)36;/h4-13,32H,3H2,1-2H3,(H,29,33)(H,34,35,36);/q;+1/p-1. The Morgan fingerprint density at radius 2 is 1.74 bits per heavy atom. The molecular weight excluding hydrogens is 576 g/mol.